The lowest BCUT2D eigenvalue weighted by atomic mass is 9.61. The minimum atomic E-state index is -0.250. The van der Waals surface area contributed by atoms with Gasteiger partial charge in [-0.05, 0) is 44.4 Å². The fraction of sp³-hybridized carbons (Fsp3) is 0.652. The number of carbonyl (C=O) groups is 3. The van der Waals surface area contributed by atoms with Crippen LogP contribution in [0.1, 0.15) is 41.9 Å². The quantitative estimate of drug-likeness (QED) is 0.696. The average molecular weight is 448 g/mol. The lowest BCUT2D eigenvalue weighted by Crippen LogP contribution is -2.57. The molecule has 1 aliphatic carbocycles. The molecule has 2 aliphatic heterocycles. The Hall–Kier alpha value is -2.68. The number of rotatable bonds is 3. The summed E-state index contributed by atoms with van der Waals surface area (Å²) in [6.07, 6.45) is 3.94. The number of carbonyl (C=O) groups excluding carboxylic acids is 2. The summed E-state index contributed by atoms with van der Waals surface area (Å²) >= 11 is 0. The number of carboxylic acid groups (broad SMARTS) is 1. The average Bonchev–Trinajstić information content (AvgIpc) is 2.77. The number of methoxy groups -OCH3 is 1. The number of hydrogen-bond acceptors (Lipinski definition) is 5. The highest BCUT2D eigenvalue weighted by Gasteiger charge is 2.49. The molecule has 2 amide bonds. The molecule has 3 aliphatic rings. The SMILES string of the molecule is COC1CCN(C(=O)[C@@H]2C[C@H]3CCN(C(=O)c4cc(=O)cc(C)n4C)C[C@H]32)CC1.O=CO. The van der Waals surface area contributed by atoms with Crippen LogP contribution in [0.15, 0.2) is 16.9 Å². The van der Waals surface area contributed by atoms with E-state index < -0.39 is 0 Å². The van der Waals surface area contributed by atoms with Crippen LogP contribution < -0.4 is 5.43 Å². The smallest absolute Gasteiger partial charge is 0.290 e. The first-order chi connectivity index (χ1) is 15.3. The van der Waals surface area contributed by atoms with E-state index in [0.29, 0.717) is 24.7 Å². The van der Waals surface area contributed by atoms with E-state index in [4.69, 9.17) is 14.6 Å². The lowest BCUT2D eigenvalue weighted by Gasteiger charge is -2.51. The predicted molar refractivity (Wildman–Crippen MR) is 117 cm³/mol. The Balaban J connectivity index is 0.000000913. The van der Waals surface area contributed by atoms with Gasteiger partial charge in [0.15, 0.2) is 5.43 Å². The number of fused-ring (bicyclic) bond motifs is 1. The van der Waals surface area contributed by atoms with Crippen LogP contribution in [0.2, 0.25) is 0 Å². The van der Waals surface area contributed by atoms with Gasteiger partial charge >= 0.3 is 0 Å². The van der Waals surface area contributed by atoms with Gasteiger partial charge in [0.05, 0.1) is 6.10 Å². The van der Waals surface area contributed by atoms with E-state index in [2.05, 4.69) is 0 Å². The molecular weight excluding hydrogens is 414 g/mol. The van der Waals surface area contributed by atoms with Crippen LogP contribution in [0.4, 0.5) is 0 Å². The fourth-order valence-electron chi connectivity index (χ4n) is 5.23. The van der Waals surface area contributed by atoms with Crippen LogP contribution in [-0.2, 0) is 21.4 Å². The van der Waals surface area contributed by atoms with Crippen molar-refractivity contribution in [3.63, 3.8) is 0 Å². The molecule has 0 bridgehead atoms. The number of pyridine rings is 1. The van der Waals surface area contributed by atoms with E-state index >= 15 is 0 Å². The maximum atomic E-state index is 13.1. The number of likely N-dealkylation sites (tertiary alicyclic amines) is 2. The third kappa shape index (κ3) is 4.87. The Kier molecular flexibility index (Phi) is 7.71. The first kappa shape index (κ1) is 24.0. The molecule has 1 aromatic rings. The van der Waals surface area contributed by atoms with Crippen molar-refractivity contribution < 1.29 is 24.2 Å². The van der Waals surface area contributed by atoms with E-state index in [9.17, 15) is 14.4 Å². The molecule has 0 spiro atoms. The molecule has 1 aromatic heterocycles. The van der Waals surface area contributed by atoms with E-state index in [1.807, 2.05) is 23.8 Å². The molecular formula is C23H33N3O6. The van der Waals surface area contributed by atoms with Crippen molar-refractivity contribution in [1.29, 1.82) is 0 Å². The standard InChI is InChI=1S/C22H31N3O4.CH2O2/c1-14-10-16(26)12-20(23(14)2)22(28)25-7-4-15-11-18(19(15)13-25)21(27)24-8-5-17(29-3)6-9-24;2-1-3/h10,12,15,17-19H,4-9,11,13H2,1-3H3;1H,(H,2,3)/t15-,18-,19-;/m1./s1. The van der Waals surface area contributed by atoms with Crippen LogP contribution in [0, 0.1) is 24.7 Å². The van der Waals surface area contributed by atoms with Crippen molar-refractivity contribution in [3.8, 4) is 0 Å². The van der Waals surface area contributed by atoms with Crippen molar-refractivity contribution in [3.05, 3.63) is 33.7 Å². The minimum absolute atomic E-state index is 0.0241. The Bertz CT molecular complexity index is 905. The van der Waals surface area contributed by atoms with Crippen LogP contribution in [-0.4, -0.2) is 77.2 Å². The van der Waals surface area contributed by atoms with Gasteiger partial charge in [0.25, 0.3) is 12.4 Å². The van der Waals surface area contributed by atoms with Crippen molar-refractivity contribution in [2.75, 3.05) is 33.3 Å². The second kappa shape index (κ2) is 10.3. The van der Waals surface area contributed by atoms with Crippen molar-refractivity contribution in [2.24, 2.45) is 24.8 Å². The van der Waals surface area contributed by atoms with E-state index in [-0.39, 0.29) is 41.7 Å². The summed E-state index contributed by atoms with van der Waals surface area (Å²) in [5, 5.41) is 6.89. The van der Waals surface area contributed by atoms with Crippen LogP contribution >= 0.6 is 0 Å². The maximum Gasteiger partial charge on any atom is 0.290 e. The highest BCUT2D eigenvalue weighted by atomic mass is 16.5. The Labute approximate surface area is 187 Å². The summed E-state index contributed by atoms with van der Waals surface area (Å²) in [6, 6.07) is 2.96. The largest absolute Gasteiger partial charge is 0.483 e. The zero-order chi connectivity index (χ0) is 23.4. The topological polar surface area (TPSA) is 109 Å². The number of nitrogens with zero attached hydrogens (tertiary/aromatic N) is 3. The van der Waals surface area contributed by atoms with Crippen LogP contribution in [0.25, 0.3) is 0 Å². The van der Waals surface area contributed by atoms with Crippen LogP contribution in [0.3, 0.4) is 0 Å². The van der Waals surface area contributed by atoms with Gasteiger partial charge in [0.2, 0.25) is 5.91 Å². The summed E-state index contributed by atoms with van der Waals surface area (Å²) in [5.74, 6) is 0.938. The Morgan fingerprint density at radius 1 is 1.12 bits per heavy atom. The molecule has 32 heavy (non-hydrogen) atoms. The maximum absolute atomic E-state index is 13.1. The molecule has 0 unspecified atom stereocenters. The molecule has 176 valence electrons. The van der Waals surface area contributed by atoms with Gasteiger partial charge in [0, 0.05) is 64.1 Å². The highest BCUT2D eigenvalue weighted by molar-refractivity contribution is 5.93. The summed E-state index contributed by atoms with van der Waals surface area (Å²) in [7, 11) is 3.55. The second-order valence-electron chi connectivity index (χ2n) is 8.95. The zero-order valence-corrected chi connectivity index (χ0v) is 19.0. The zero-order valence-electron chi connectivity index (χ0n) is 19.0. The van der Waals surface area contributed by atoms with Crippen LogP contribution in [0.5, 0.6) is 0 Å². The summed E-state index contributed by atoms with van der Waals surface area (Å²) in [6.45, 7) is 4.41. The van der Waals surface area contributed by atoms with Gasteiger partial charge in [-0.1, -0.05) is 0 Å². The third-order valence-electron chi connectivity index (χ3n) is 7.31. The van der Waals surface area contributed by atoms with E-state index in [1.54, 1.807) is 11.7 Å². The predicted octanol–water partition coefficient (Wildman–Crippen LogP) is 1.13. The number of ether oxygens (including phenoxy) is 1. The normalized spacial score (nSPS) is 25.2. The van der Waals surface area contributed by atoms with Gasteiger partial charge in [-0.2, -0.15) is 0 Å². The molecule has 4 rings (SSSR count). The first-order valence-corrected chi connectivity index (χ1v) is 11.2. The third-order valence-corrected chi connectivity index (χ3v) is 7.31. The van der Waals surface area contributed by atoms with E-state index in [1.165, 1.54) is 12.1 Å². The molecule has 0 aromatic carbocycles. The van der Waals surface area contributed by atoms with Gasteiger partial charge in [-0.25, -0.2) is 0 Å². The molecule has 9 heteroatoms. The summed E-state index contributed by atoms with van der Waals surface area (Å²) < 4.78 is 7.19. The molecule has 0 radical (unpaired) electrons. The number of aromatic nitrogens is 1. The lowest BCUT2D eigenvalue weighted by molar-refractivity contribution is -0.149. The van der Waals surface area contributed by atoms with Gasteiger partial charge in [-0.3, -0.25) is 19.2 Å². The van der Waals surface area contributed by atoms with Gasteiger partial charge < -0.3 is 24.2 Å². The molecule has 2 saturated heterocycles. The van der Waals surface area contributed by atoms with Gasteiger partial charge in [-0.15, -0.1) is 0 Å². The summed E-state index contributed by atoms with van der Waals surface area (Å²) in [4.78, 5) is 50.2. The highest BCUT2D eigenvalue weighted by Crippen LogP contribution is 2.46. The number of hydrogen-bond donors (Lipinski definition) is 1. The molecule has 1 N–H and O–H groups in total. The second-order valence-corrected chi connectivity index (χ2v) is 8.95. The molecule has 3 atom stereocenters. The summed E-state index contributed by atoms with van der Waals surface area (Å²) in [5.41, 5.74) is 1.05. The van der Waals surface area contributed by atoms with Crippen molar-refractivity contribution in [1.82, 2.24) is 14.4 Å². The minimum Gasteiger partial charge on any atom is -0.483 e. The Morgan fingerprint density at radius 2 is 1.75 bits per heavy atom. The number of aryl methyl sites for hydroxylation is 1. The van der Waals surface area contributed by atoms with Gasteiger partial charge in [0.1, 0.15) is 5.69 Å². The van der Waals surface area contributed by atoms with Crippen molar-refractivity contribution in [2.45, 2.75) is 38.7 Å². The first-order valence-electron chi connectivity index (χ1n) is 11.2. The fourth-order valence-corrected chi connectivity index (χ4v) is 5.23. The van der Waals surface area contributed by atoms with Crippen molar-refractivity contribution >= 4 is 18.3 Å². The molecule has 1 saturated carbocycles. The monoisotopic (exact) mass is 447 g/mol. The molecule has 3 heterocycles. The molecule has 9 nitrogen and oxygen atoms in total. The number of piperidine rings is 2. The Morgan fingerprint density at radius 3 is 2.38 bits per heavy atom. The number of amides is 2. The van der Waals surface area contributed by atoms with E-state index in [0.717, 1.165) is 44.5 Å². The molecule has 3 fully saturated rings.